The van der Waals surface area contributed by atoms with Crippen molar-refractivity contribution in [2.24, 2.45) is 0 Å². The number of phenolic OH excluding ortho intramolecular Hbond substituents is 1. The van der Waals surface area contributed by atoms with Crippen molar-refractivity contribution in [1.29, 1.82) is 0 Å². The molecule has 0 aliphatic carbocycles. The Balaban J connectivity index is 3.31. The molecule has 0 aliphatic heterocycles. The summed E-state index contributed by atoms with van der Waals surface area (Å²) in [6.45, 7) is 0. The van der Waals surface area contributed by atoms with Crippen LogP contribution in [0.25, 0.3) is 0 Å². The molecule has 0 spiro atoms. The first kappa shape index (κ1) is 8.01. The van der Waals surface area contributed by atoms with Gasteiger partial charge in [-0.05, 0) is 12.1 Å². The zero-order valence-electron chi connectivity index (χ0n) is 5.34. The van der Waals surface area contributed by atoms with Gasteiger partial charge in [-0.2, -0.15) is 0 Å². The minimum Gasteiger partial charge on any atom is -0.505 e. The molecule has 0 heterocycles. The molecule has 11 heavy (non-hydrogen) atoms. The Bertz CT molecular complexity index is 275. The lowest BCUT2D eigenvalue weighted by atomic mass is 10.2. The van der Waals surface area contributed by atoms with E-state index >= 15 is 0 Å². The van der Waals surface area contributed by atoms with Crippen molar-refractivity contribution in [3.63, 3.8) is 0 Å². The maximum atomic E-state index is 12.5. The molecule has 0 bridgehead atoms. The third-order valence-electron chi connectivity index (χ3n) is 1.17. The molecule has 0 fully saturated rings. The van der Waals surface area contributed by atoms with Gasteiger partial charge in [0, 0.05) is 5.56 Å². The Hall–Kier alpha value is -1.09. The van der Waals surface area contributed by atoms with Crippen LogP contribution < -0.4 is 0 Å². The highest BCUT2D eigenvalue weighted by molar-refractivity contribution is 6.31. The molecule has 0 aromatic heterocycles. The fourth-order valence-electron chi connectivity index (χ4n) is 0.663. The summed E-state index contributed by atoms with van der Waals surface area (Å²) in [5, 5.41) is 8.54. The molecule has 0 aliphatic rings. The minimum absolute atomic E-state index is 0.147. The SMILES string of the molecule is O=Cc1cc(O)c(F)c(Cl)c1. The van der Waals surface area contributed by atoms with Crippen LogP contribution in [0.4, 0.5) is 4.39 Å². The van der Waals surface area contributed by atoms with E-state index < -0.39 is 11.6 Å². The average Bonchev–Trinajstić information content (AvgIpc) is 1.99. The Kier molecular flexibility index (Phi) is 2.10. The number of aldehydes is 1. The van der Waals surface area contributed by atoms with Crippen LogP contribution in [-0.4, -0.2) is 11.4 Å². The number of aromatic hydroxyl groups is 1. The van der Waals surface area contributed by atoms with Gasteiger partial charge < -0.3 is 5.11 Å². The second-order valence-corrected chi connectivity index (χ2v) is 2.36. The van der Waals surface area contributed by atoms with E-state index in [0.717, 1.165) is 12.1 Å². The number of benzene rings is 1. The number of hydrogen-bond donors (Lipinski definition) is 1. The van der Waals surface area contributed by atoms with Crippen LogP contribution in [0.15, 0.2) is 12.1 Å². The van der Waals surface area contributed by atoms with Gasteiger partial charge in [-0.1, -0.05) is 11.6 Å². The predicted octanol–water partition coefficient (Wildman–Crippen LogP) is 2.00. The molecule has 58 valence electrons. The Morgan fingerprint density at radius 1 is 1.55 bits per heavy atom. The standard InChI is InChI=1S/C7H4ClFO2/c8-5-1-4(3-10)2-6(11)7(5)9/h1-3,11H. The fraction of sp³-hybridized carbons (Fsp3) is 0. The summed E-state index contributed by atoms with van der Waals surface area (Å²) in [6.07, 6.45) is 0.477. The van der Waals surface area contributed by atoms with Crippen LogP contribution >= 0.6 is 11.6 Å². The molecule has 4 heteroatoms. The van der Waals surface area contributed by atoms with E-state index in [2.05, 4.69) is 0 Å². The Morgan fingerprint density at radius 2 is 2.18 bits per heavy atom. The summed E-state index contributed by atoms with van der Waals surface area (Å²) in [5.41, 5.74) is 0.147. The summed E-state index contributed by atoms with van der Waals surface area (Å²) in [7, 11) is 0. The third-order valence-corrected chi connectivity index (χ3v) is 1.44. The summed E-state index contributed by atoms with van der Waals surface area (Å²) < 4.78 is 12.5. The molecule has 1 rings (SSSR count). The van der Waals surface area contributed by atoms with E-state index in [-0.39, 0.29) is 10.6 Å². The number of phenols is 1. The van der Waals surface area contributed by atoms with E-state index in [1.807, 2.05) is 0 Å². The summed E-state index contributed by atoms with van der Waals surface area (Å²) >= 11 is 5.30. The monoisotopic (exact) mass is 174 g/mol. The number of halogens is 2. The van der Waals surface area contributed by atoms with Crippen LogP contribution in [0.1, 0.15) is 10.4 Å². The van der Waals surface area contributed by atoms with Gasteiger partial charge in [0.15, 0.2) is 11.6 Å². The quantitative estimate of drug-likeness (QED) is 0.662. The van der Waals surface area contributed by atoms with Crippen LogP contribution in [0.3, 0.4) is 0 Å². The fourth-order valence-corrected chi connectivity index (χ4v) is 0.886. The van der Waals surface area contributed by atoms with Crippen molar-refractivity contribution in [2.75, 3.05) is 0 Å². The van der Waals surface area contributed by atoms with Gasteiger partial charge in [0.1, 0.15) is 6.29 Å². The molecule has 0 saturated heterocycles. The maximum absolute atomic E-state index is 12.5. The first-order valence-electron chi connectivity index (χ1n) is 2.78. The molecule has 0 amide bonds. The predicted molar refractivity (Wildman–Crippen MR) is 38.5 cm³/mol. The third kappa shape index (κ3) is 1.49. The molecular formula is C7H4ClFO2. The van der Waals surface area contributed by atoms with E-state index in [4.69, 9.17) is 16.7 Å². The van der Waals surface area contributed by atoms with Crippen molar-refractivity contribution >= 4 is 17.9 Å². The largest absolute Gasteiger partial charge is 0.505 e. The average molecular weight is 175 g/mol. The van der Waals surface area contributed by atoms with Crippen LogP contribution in [0.5, 0.6) is 5.75 Å². The normalized spacial score (nSPS) is 9.64. The summed E-state index contributed by atoms with van der Waals surface area (Å²) in [4.78, 5) is 10.1. The lowest BCUT2D eigenvalue weighted by Gasteiger charge is -1.97. The van der Waals surface area contributed by atoms with Crippen molar-refractivity contribution in [1.82, 2.24) is 0 Å². The van der Waals surface area contributed by atoms with E-state index in [1.54, 1.807) is 0 Å². The molecule has 1 aromatic rings. The zero-order chi connectivity index (χ0) is 8.43. The smallest absolute Gasteiger partial charge is 0.183 e. The maximum Gasteiger partial charge on any atom is 0.183 e. The van der Waals surface area contributed by atoms with Gasteiger partial charge in [-0.25, -0.2) is 4.39 Å². The highest BCUT2D eigenvalue weighted by atomic mass is 35.5. The van der Waals surface area contributed by atoms with Crippen molar-refractivity contribution in [2.45, 2.75) is 0 Å². The Labute approximate surface area is 67.2 Å². The number of carbonyl (C=O) groups excluding carboxylic acids is 1. The number of hydrogen-bond acceptors (Lipinski definition) is 2. The molecule has 0 saturated carbocycles. The van der Waals surface area contributed by atoms with Gasteiger partial charge in [-0.15, -0.1) is 0 Å². The second kappa shape index (κ2) is 2.88. The zero-order valence-corrected chi connectivity index (χ0v) is 6.10. The topological polar surface area (TPSA) is 37.3 Å². The van der Waals surface area contributed by atoms with Crippen LogP contribution in [0.2, 0.25) is 5.02 Å². The number of carbonyl (C=O) groups is 1. The van der Waals surface area contributed by atoms with Gasteiger partial charge in [0.25, 0.3) is 0 Å². The highest BCUT2D eigenvalue weighted by Crippen LogP contribution is 2.24. The number of rotatable bonds is 1. The first-order valence-corrected chi connectivity index (χ1v) is 3.16. The molecule has 0 atom stereocenters. The van der Waals surface area contributed by atoms with Crippen LogP contribution in [0, 0.1) is 5.82 Å². The molecule has 2 nitrogen and oxygen atoms in total. The molecule has 0 radical (unpaired) electrons. The lowest BCUT2D eigenvalue weighted by molar-refractivity contribution is 0.112. The highest BCUT2D eigenvalue weighted by Gasteiger charge is 2.06. The lowest BCUT2D eigenvalue weighted by Crippen LogP contribution is -1.83. The first-order chi connectivity index (χ1) is 5.15. The second-order valence-electron chi connectivity index (χ2n) is 1.95. The molecule has 0 unspecified atom stereocenters. The summed E-state index contributed by atoms with van der Waals surface area (Å²) in [6, 6.07) is 2.15. The molecular weight excluding hydrogens is 171 g/mol. The molecule has 1 N–H and O–H groups in total. The van der Waals surface area contributed by atoms with Crippen LogP contribution in [-0.2, 0) is 0 Å². The van der Waals surface area contributed by atoms with E-state index in [9.17, 15) is 9.18 Å². The van der Waals surface area contributed by atoms with Gasteiger partial charge in [-0.3, -0.25) is 4.79 Å². The van der Waals surface area contributed by atoms with Gasteiger partial charge >= 0.3 is 0 Å². The van der Waals surface area contributed by atoms with E-state index in [0.29, 0.717) is 6.29 Å². The van der Waals surface area contributed by atoms with Crippen molar-refractivity contribution in [3.8, 4) is 5.75 Å². The molecule has 1 aromatic carbocycles. The minimum atomic E-state index is -0.905. The van der Waals surface area contributed by atoms with E-state index in [1.165, 1.54) is 0 Å². The van der Waals surface area contributed by atoms with Crippen molar-refractivity contribution in [3.05, 3.63) is 28.5 Å². The van der Waals surface area contributed by atoms with Gasteiger partial charge in [0.05, 0.1) is 5.02 Å². The van der Waals surface area contributed by atoms with Crippen molar-refractivity contribution < 1.29 is 14.3 Å². The van der Waals surface area contributed by atoms with Gasteiger partial charge in [0.2, 0.25) is 0 Å². The Morgan fingerprint density at radius 3 is 2.64 bits per heavy atom. The summed E-state index contributed by atoms with van der Waals surface area (Å²) in [5.74, 6) is -1.52.